The maximum Gasteiger partial charge on any atom is 0.222 e. The van der Waals surface area contributed by atoms with E-state index in [1.165, 1.54) is 5.56 Å². The van der Waals surface area contributed by atoms with Crippen molar-refractivity contribution in [3.05, 3.63) is 35.9 Å². The van der Waals surface area contributed by atoms with Crippen molar-refractivity contribution in [1.29, 1.82) is 0 Å². The van der Waals surface area contributed by atoms with E-state index in [1.807, 2.05) is 19.9 Å². The average Bonchev–Trinajstić information content (AvgIpc) is 2.34. The molecule has 0 saturated heterocycles. The molecule has 0 aromatic heterocycles. The van der Waals surface area contributed by atoms with E-state index in [0.29, 0.717) is 12.6 Å². The average molecular weight is 248 g/mol. The molecular weight excluding hydrogens is 224 g/mol. The minimum Gasteiger partial charge on any atom is -0.354 e. The first-order valence-electron chi connectivity index (χ1n) is 6.48. The molecule has 0 bridgehead atoms. The number of hydrogen-bond acceptors (Lipinski definition) is 2. The summed E-state index contributed by atoms with van der Waals surface area (Å²) in [5.41, 5.74) is 1.30. The second-order valence-corrected chi connectivity index (χ2v) is 5.21. The summed E-state index contributed by atoms with van der Waals surface area (Å²) in [5.74, 6) is 0.166. The topological polar surface area (TPSA) is 32.3 Å². The van der Waals surface area contributed by atoms with Gasteiger partial charge in [-0.05, 0) is 26.1 Å². The molecule has 1 unspecified atom stereocenters. The van der Waals surface area contributed by atoms with E-state index in [9.17, 15) is 4.79 Å². The fraction of sp³-hybridized carbons (Fsp3) is 0.533. The van der Waals surface area contributed by atoms with Crippen LogP contribution in [0.2, 0.25) is 0 Å². The molecule has 1 amide bonds. The lowest BCUT2D eigenvalue weighted by molar-refractivity contribution is -0.124. The van der Waals surface area contributed by atoms with Gasteiger partial charge in [0.25, 0.3) is 0 Å². The minimum atomic E-state index is 0.0459. The van der Waals surface area contributed by atoms with Crippen LogP contribution in [0.1, 0.15) is 19.4 Å². The maximum atomic E-state index is 11.6. The van der Waals surface area contributed by atoms with E-state index in [0.717, 1.165) is 6.42 Å². The monoisotopic (exact) mass is 248 g/mol. The Kier molecular flexibility index (Phi) is 5.86. The number of amides is 1. The highest BCUT2D eigenvalue weighted by Gasteiger charge is 2.14. The van der Waals surface area contributed by atoms with Crippen LogP contribution in [0.25, 0.3) is 0 Å². The van der Waals surface area contributed by atoms with E-state index in [-0.39, 0.29) is 11.8 Å². The standard InChI is InChI=1S/C15H24N2O/c1-12(2)15(18)16-11-14(17(3)4)10-13-8-6-5-7-9-13/h5-9,12,14H,10-11H2,1-4H3,(H,16,18). The number of nitrogens with zero attached hydrogens (tertiary/aromatic N) is 1. The molecule has 0 aliphatic rings. The predicted octanol–water partition coefficient (Wildman–Crippen LogP) is 1.93. The third-order valence-corrected chi connectivity index (χ3v) is 3.08. The van der Waals surface area contributed by atoms with Gasteiger partial charge < -0.3 is 10.2 Å². The van der Waals surface area contributed by atoms with Crippen LogP contribution in [0.3, 0.4) is 0 Å². The minimum absolute atomic E-state index is 0.0459. The van der Waals surface area contributed by atoms with E-state index in [1.54, 1.807) is 0 Å². The zero-order chi connectivity index (χ0) is 13.5. The van der Waals surface area contributed by atoms with Crippen molar-refractivity contribution in [3.8, 4) is 0 Å². The van der Waals surface area contributed by atoms with Crippen LogP contribution in [-0.4, -0.2) is 37.5 Å². The van der Waals surface area contributed by atoms with Gasteiger partial charge in [0.15, 0.2) is 0 Å². The van der Waals surface area contributed by atoms with E-state index < -0.39 is 0 Å². The second kappa shape index (κ2) is 7.17. The highest BCUT2D eigenvalue weighted by molar-refractivity contribution is 5.77. The molecule has 18 heavy (non-hydrogen) atoms. The zero-order valence-corrected chi connectivity index (χ0v) is 11.8. The van der Waals surface area contributed by atoms with Crippen LogP contribution in [-0.2, 0) is 11.2 Å². The second-order valence-electron chi connectivity index (χ2n) is 5.21. The Morgan fingerprint density at radius 2 is 1.83 bits per heavy atom. The predicted molar refractivity (Wildman–Crippen MR) is 75.5 cm³/mol. The number of rotatable bonds is 6. The number of nitrogens with one attached hydrogen (secondary N) is 1. The Labute approximate surface area is 110 Å². The van der Waals surface area contributed by atoms with Crippen LogP contribution in [0.15, 0.2) is 30.3 Å². The van der Waals surface area contributed by atoms with Crippen LogP contribution in [0.5, 0.6) is 0 Å². The molecule has 0 spiro atoms. The van der Waals surface area contributed by atoms with Crippen molar-refractivity contribution in [3.63, 3.8) is 0 Å². The summed E-state index contributed by atoms with van der Waals surface area (Å²) in [7, 11) is 4.10. The molecule has 100 valence electrons. The van der Waals surface area contributed by atoms with Gasteiger partial charge in [-0.15, -0.1) is 0 Å². The fourth-order valence-electron chi connectivity index (χ4n) is 1.75. The first-order valence-corrected chi connectivity index (χ1v) is 6.48. The lowest BCUT2D eigenvalue weighted by Gasteiger charge is -2.25. The molecule has 3 nitrogen and oxygen atoms in total. The highest BCUT2D eigenvalue weighted by atomic mass is 16.1. The molecule has 0 saturated carbocycles. The number of benzene rings is 1. The van der Waals surface area contributed by atoms with Gasteiger partial charge in [0, 0.05) is 18.5 Å². The molecule has 1 rings (SSSR count). The largest absolute Gasteiger partial charge is 0.354 e. The van der Waals surface area contributed by atoms with E-state index in [4.69, 9.17) is 0 Å². The molecule has 0 heterocycles. The summed E-state index contributed by atoms with van der Waals surface area (Å²) in [6.07, 6.45) is 0.951. The third kappa shape index (κ3) is 4.88. The Bertz CT molecular complexity index is 360. The Balaban J connectivity index is 2.53. The number of likely N-dealkylation sites (N-methyl/N-ethyl adjacent to an activating group) is 1. The maximum absolute atomic E-state index is 11.6. The summed E-state index contributed by atoms with van der Waals surface area (Å²) in [5, 5.41) is 3.00. The Morgan fingerprint density at radius 3 is 2.33 bits per heavy atom. The van der Waals surface area contributed by atoms with Crippen molar-refractivity contribution in [2.45, 2.75) is 26.3 Å². The first kappa shape index (κ1) is 14.7. The first-order chi connectivity index (χ1) is 8.50. The summed E-state index contributed by atoms with van der Waals surface area (Å²) in [6, 6.07) is 10.7. The quantitative estimate of drug-likeness (QED) is 0.834. The lowest BCUT2D eigenvalue weighted by Crippen LogP contribution is -2.42. The van der Waals surface area contributed by atoms with Gasteiger partial charge in [-0.2, -0.15) is 0 Å². The normalized spacial score (nSPS) is 12.8. The Hall–Kier alpha value is -1.35. The molecule has 1 N–H and O–H groups in total. The van der Waals surface area contributed by atoms with Gasteiger partial charge in [0.2, 0.25) is 5.91 Å². The van der Waals surface area contributed by atoms with Gasteiger partial charge in [-0.1, -0.05) is 44.2 Å². The van der Waals surface area contributed by atoms with Crippen LogP contribution in [0, 0.1) is 5.92 Å². The van der Waals surface area contributed by atoms with Gasteiger partial charge in [-0.25, -0.2) is 0 Å². The highest BCUT2D eigenvalue weighted by Crippen LogP contribution is 2.06. The van der Waals surface area contributed by atoms with Gasteiger partial charge in [-0.3, -0.25) is 4.79 Å². The van der Waals surface area contributed by atoms with E-state index >= 15 is 0 Å². The van der Waals surface area contributed by atoms with Gasteiger partial charge in [0.1, 0.15) is 0 Å². The zero-order valence-electron chi connectivity index (χ0n) is 11.8. The van der Waals surface area contributed by atoms with Gasteiger partial charge >= 0.3 is 0 Å². The SMILES string of the molecule is CC(C)C(=O)NCC(Cc1ccccc1)N(C)C. The number of hydrogen-bond donors (Lipinski definition) is 1. The Morgan fingerprint density at radius 1 is 1.22 bits per heavy atom. The van der Waals surface area contributed by atoms with Gasteiger partial charge in [0.05, 0.1) is 0 Å². The van der Waals surface area contributed by atoms with Crippen LogP contribution >= 0.6 is 0 Å². The molecule has 0 aliphatic heterocycles. The molecule has 0 aliphatic carbocycles. The number of carbonyl (C=O) groups excluding carboxylic acids is 1. The molecular formula is C15H24N2O. The van der Waals surface area contributed by atoms with Crippen LogP contribution in [0.4, 0.5) is 0 Å². The summed E-state index contributed by atoms with van der Waals surface area (Å²) < 4.78 is 0. The van der Waals surface area contributed by atoms with Crippen molar-refractivity contribution >= 4 is 5.91 Å². The summed E-state index contributed by atoms with van der Waals surface area (Å²) in [4.78, 5) is 13.8. The molecule has 0 radical (unpaired) electrons. The van der Waals surface area contributed by atoms with E-state index in [2.05, 4.69) is 48.6 Å². The fourth-order valence-corrected chi connectivity index (χ4v) is 1.75. The molecule has 1 aromatic rings. The van der Waals surface area contributed by atoms with Crippen molar-refractivity contribution in [2.75, 3.05) is 20.6 Å². The summed E-state index contributed by atoms with van der Waals surface area (Å²) in [6.45, 7) is 4.52. The molecule has 1 atom stereocenters. The summed E-state index contributed by atoms with van der Waals surface area (Å²) >= 11 is 0. The molecule has 3 heteroatoms. The molecule has 0 fully saturated rings. The van der Waals surface area contributed by atoms with Crippen LogP contribution < -0.4 is 5.32 Å². The van der Waals surface area contributed by atoms with Crippen molar-refractivity contribution in [2.24, 2.45) is 5.92 Å². The van der Waals surface area contributed by atoms with Crippen molar-refractivity contribution in [1.82, 2.24) is 10.2 Å². The molecule has 1 aromatic carbocycles. The number of carbonyl (C=O) groups is 1. The third-order valence-electron chi connectivity index (χ3n) is 3.08. The lowest BCUT2D eigenvalue weighted by atomic mass is 10.0. The van der Waals surface area contributed by atoms with Crippen molar-refractivity contribution < 1.29 is 4.79 Å². The smallest absolute Gasteiger partial charge is 0.222 e.